The van der Waals surface area contributed by atoms with Gasteiger partial charge in [0.05, 0.1) is 6.61 Å². The van der Waals surface area contributed by atoms with E-state index in [1.807, 2.05) is 26.1 Å². The quantitative estimate of drug-likeness (QED) is 0.765. The van der Waals surface area contributed by atoms with Crippen LogP contribution in [0.2, 0.25) is 0 Å². The Bertz CT molecular complexity index is 273. The van der Waals surface area contributed by atoms with Gasteiger partial charge in [0, 0.05) is 18.8 Å². The van der Waals surface area contributed by atoms with Crippen LogP contribution in [0.3, 0.4) is 0 Å². The molecule has 0 bridgehead atoms. The third-order valence-corrected chi connectivity index (χ3v) is 2.42. The minimum absolute atomic E-state index is 0.168. The van der Waals surface area contributed by atoms with Gasteiger partial charge in [-0.25, -0.2) is 0 Å². The second-order valence-corrected chi connectivity index (χ2v) is 3.43. The molecule has 0 saturated heterocycles. The number of aliphatic hydroxyl groups excluding tert-OH is 1. The molecule has 1 N–H and O–H groups in total. The molecule has 1 rings (SSSR count). The zero-order chi connectivity index (χ0) is 9.84. The normalized spacial score (nSPS) is 12.6. The van der Waals surface area contributed by atoms with Crippen molar-refractivity contribution >= 4 is 5.69 Å². The maximum atomic E-state index is 9.02. The molecule has 0 aliphatic heterocycles. The average Bonchev–Trinajstić information content (AvgIpc) is 2.16. The van der Waals surface area contributed by atoms with Crippen molar-refractivity contribution in [3.05, 3.63) is 29.8 Å². The number of para-hydroxylation sites is 1. The summed E-state index contributed by atoms with van der Waals surface area (Å²) in [6.07, 6.45) is 0. The maximum Gasteiger partial charge on any atom is 0.0632 e. The van der Waals surface area contributed by atoms with E-state index in [9.17, 15) is 0 Å². The first-order valence-corrected chi connectivity index (χ1v) is 4.56. The van der Waals surface area contributed by atoms with Crippen molar-refractivity contribution in [2.24, 2.45) is 0 Å². The van der Waals surface area contributed by atoms with E-state index < -0.39 is 0 Å². The van der Waals surface area contributed by atoms with Crippen molar-refractivity contribution in [2.75, 3.05) is 18.6 Å². The summed E-state index contributed by atoms with van der Waals surface area (Å²) in [7, 11) is 2.00. The molecule has 0 aliphatic carbocycles. The van der Waals surface area contributed by atoms with Gasteiger partial charge in [0.1, 0.15) is 0 Å². The SMILES string of the molecule is Cc1ccccc1N(C)C(C)CO. The molecule has 0 amide bonds. The minimum Gasteiger partial charge on any atom is -0.394 e. The van der Waals surface area contributed by atoms with Gasteiger partial charge in [-0.15, -0.1) is 0 Å². The van der Waals surface area contributed by atoms with Crippen molar-refractivity contribution < 1.29 is 5.11 Å². The van der Waals surface area contributed by atoms with Gasteiger partial charge in [0.2, 0.25) is 0 Å². The summed E-state index contributed by atoms with van der Waals surface area (Å²) < 4.78 is 0. The summed E-state index contributed by atoms with van der Waals surface area (Å²) in [4.78, 5) is 2.09. The maximum absolute atomic E-state index is 9.02. The van der Waals surface area contributed by atoms with Gasteiger partial charge in [-0.05, 0) is 25.5 Å². The molecule has 0 spiro atoms. The Balaban J connectivity index is 2.88. The number of hydrogen-bond acceptors (Lipinski definition) is 2. The molecule has 1 unspecified atom stereocenters. The van der Waals surface area contributed by atoms with Crippen LogP contribution in [0.5, 0.6) is 0 Å². The first-order chi connectivity index (χ1) is 6.16. The highest BCUT2D eigenvalue weighted by Gasteiger charge is 2.09. The standard InChI is InChI=1S/C11H17NO/c1-9-6-4-5-7-11(9)12(3)10(2)8-13/h4-7,10,13H,8H2,1-3H3. The van der Waals surface area contributed by atoms with E-state index in [1.54, 1.807) is 0 Å². The molecule has 13 heavy (non-hydrogen) atoms. The van der Waals surface area contributed by atoms with Crippen molar-refractivity contribution in [1.29, 1.82) is 0 Å². The van der Waals surface area contributed by atoms with Gasteiger partial charge in [-0.3, -0.25) is 0 Å². The highest BCUT2D eigenvalue weighted by molar-refractivity contribution is 5.52. The van der Waals surface area contributed by atoms with E-state index in [1.165, 1.54) is 11.3 Å². The van der Waals surface area contributed by atoms with Gasteiger partial charge in [0.15, 0.2) is 0 Å². The summed E-state index contributed by atoms with van der Waals surface area (Å²) in [6, 6.07) is 8.36. The second-order valence-electron chi connectivity index (χ2n) is 3.43. The van der Waals surface area contributed by atoms with E-state index in [0.29, 0.717) is 0 Å². The summed E-state index contributed by atoms with van der Waals surface area (Å²) in [5, 5.41) is 9.02. The zero-order valence-corrected chi connectivity index (χ0v) is 8.49. The fourth-order valence-electron chi connectivity index (χ4n) is 1.32. The van der Waals surface area contributed by atoms with Crippen LogP contribution in [-0.4, -0.2) is 24.8 Å². The van der Waals surface area contributed by atoms with Crippen LogP contribution in [0.4, 0.5) is 5.69 Å². The highest BCUT2D eigenvalue weighted by Crippen LogP contribution is 2.19. The number of rotatable bonds is 3. The molecule has 0 aromatic heterocycles. The summed E-state index contributed by atoms with van der Waals surface area (Å²) in [5.74, 6) is 0. The molecule has 0 fully saturated rings. The predicted octanol–water partition coefficient (Wildman–Crippen LogP) is 1.81. The Kier molecular flexibility index (Phi) is 3.32. The van der Waals surface area contributed by atoms with E-state index in [0.717, 1.165) is 0 Å². The molecule has 0 heterocycles. The third-order valence-electron chi connectivity index (χ3n) is 2.42. The molecule has 72 valence electrons. The van der Waals surface area contributed by atoms with Crippen LogP contribution in [0.25, 0.3) is 0 Å². The number of anilines is 1. The van der Waals surface area contributed by atoms with Gasteiger partial charge in [-0.1, -0.05) is 18.2 Å². The number of benzene rings is 1. The number of nitrogens with zero attached hydrogens (tertiary/aromatic N) is 1. The fraction of sp³-hybridized carbons (Fsp3) is 0.455. The Morgan fingerprint density at radius 1 is 1.38 bits per heavy atom. The number of hydrogen-bond donors (Lipinski definition) is 1. The van der Waals surface area contributed by atoms with Gasteiger partial charge >= 0.3 is 0 Å². The molecule has 0 aliphatic rings. The minimum atomic E-state index is 0.168. The van der Waals surface area contributed by atoms with Crippen molar-refractivity contribution in [3.8, 4) is 0 Å². The smallest absolute Gasteiger partial charge is 0.0632 e. The van der Waals surface area contributed by atoms with E-state index in [4.69, 9.17) is 5.11 Å². The Morgan fingerprint density at radius 2 is 2.00 bits per heavy atom. The Hall–Kier alpha value is -1.02. The van der Waals surface area contributed by atoms with Crippen LogP contribution >= 0.6 is 0 Å². The van der Waals surface area contributed by atoms with Crippen LogP contribution in [0.1, 0.15) is 12.5 Å². The molecule has 1 atom stereocenters. The van der Waals surface area contributed by atoms with Crippen LogP contribution in [-0.2, 0) is 0 Å². The molecule has 2 nitrogen and oxygen atoms in total. The van der Waals surface area contributed by atoms with Crippen LogP contribution in [0, 0.1) is 6.92 Å². The first kappa shape index (κ1) is 10.1. The van der Waals surface area contributed by atoms with Gasteiger partial charge in [-0.2, -0.15) is 0 Å². The predicted molar refractivity (Wildman–Crippen MR) is 56.1 cm³/mol. The van der Waals surface area contributed by atoms with Gasteiger partial charge < -0.3 is 10.0 Å². The number of likely N-dealkylation sites (N-methyl/N-ethyl adjacent to an activating group) is 1. The highest BCUT2D eigenvalue weighted by atomic mass is 16.3. The molecule has 0 saturated carbocycles. The molecular weight excluding hydrogens is 162 g/mol. The molecule has 1 aromatic rings. The van der Waals surface area contributed by atoms with Crippen LogP contribution in [0.15, 0.2) is 24.3 Å². The third kappa shape index (κ3) is 2.22. The summed E-state index contributed by atoms with van der Waals surface area (Å²) in [6.45, 7) is 4.27. The van der Waals surface area contributed by atoms with E-state index in [-0.39, 0.29) is 12.6 Å². The first-order valence-electron chi connectivity index (χ1n) is 4.56. The zero-order valence-electron chi connectivity index (χ0n) is 8.49. The van der Waals surface area contributed by atoms with E-state index in [2.05, 4.69) is 24.0 Å². The lowest BCUT2D eigenvalue weighted by molar-refractivity contribution is 0.270. The van der Waals surface area contributed by atoms with E-state index >= 15 is 0 Å². The van der Waals surface area contributed by atoms with Crippen molar-refractivity contribution in [3.63, 3.8) is 0 Å². The monoisotopic (exact) mass is 179 g/mol. The average molecular weight is 179 g/mol. The largest absolute Gasteiger partial charge is 0.394 e. The summed E-state index contributed by atoms with van der Waals surface area (Å²) >= 11 is 0. The lowest BCUT2D eigenvalue weighted by atomic mass is 10.1. The second kappa shape index (κ2) is 4.28. The molecule has 0 radical (unpaired) electrons. The summed E-state index contributed by atoms with van der Waals surface area (Å²) in [5.41, 5.74) is 2.43. The molecule has 2 heteroatoms. The Labute approximate surface area is 79.8 Å². The lowest BCUT2D eigenvalue weighted by Crippen LogP contribution is -2.32. The number of aliphatic hydroxyl groups is 1. The van der Waals surface area contributed by atoms with Crippen molar-refractivity contribution in [2.45, 2.75) is 19.9 Å². The van der Waals surface area contributed by atoms with Gasteiger partial charge in [0.25, 0.3) is 0 Å². The number of aryl methyl sites for hydroxylation is 1. The lowest BCUT2D eigenvalue weighted by Gasteiger charge is -2.26. The molecular formula is C11H17NO. The molecule has 1 aromatic carbocycles. The fourth-order valence-corrected chi connectivity index (χ4v) is 1.32. The van der Waals surface area contributed by atoms with Crippen LogP contribution < -0.4 is 4.90 Å². The Morgan fingerprint density at radius 3 is 2.54 bits per heavy atom. The topological polar surface area (TPSA) is 23.5 Å². The van der Waals surface area contributed by atoms with Crippen molar-refractivity contribution in [1.82, 2.24) is 0 Å².